The molecular formula is C15H15ClN2O. The number of aryl methyl sites for hydroxylation is 1. The molecule has 1 aromatic heterocycles. The van der Waals surface area contributed by atoms with Crippen molar-refractivity contribution in [2.24, 2.45) is 0 Å². The summed E-state index contributed by atoms with van der Waals surface area (Å²) in [6, 6.07) is 7.36. The van der Waals surface area contributed by atoms with Gasteiger partial charge in [0.05, 0.1) is 11.1 Å². The minimum atomic E-state index is 0.0928. The van der Waals surface area contributed by atoms with Gasteiger partial charge in [-0.3, -0.25) is 9.78 Å². The van der Waals surface area contributed by atoms with E-state index in [1.165, 1.54) is 0 Å². The van der Waals surface area contributed by atoms with E-state index in [0.717, 1.165) is 42.5 Å². The lowest BCUT2D eigenvalue weighted by Crippen LogP contribution is -2.27. The first kappa shape index (κ1) is 12.4. The SMILES string of the molecule is Cc1cc(C(=O)N2CCCC2)c2cc(Cl)ccc2n1. The standard InChI is InChI=1S/C15H15ClN2O/c1-10-8-13(15(19)18-6-2-3-7-18)12-9-11(16)4-5-14(12)17-10/h4-5,8-9H,2-3,6-7H2,1H3. The van der Waals surface area contributed by atoms with Gasteiger partial charge in [-0.05, 0) is 44.0 Å². The van der Waals surface area contributed by atoms with Crippen LogP contribution in [-0.4, -0.2) is 28.9 Å². The number of fused-ring (bicyclic) bond motifs is 1. The van der Waals surface area contributed by atoms with Crippen LogP contribution in [0, 0.1) is 6.92 Å². The molecule has 0 bridgehead atoms. The Kier molecular flexibility index (Phi) is 3.15. The summed E-state index contributed by atoms with van der Waals surface area (Å²) < 4.78 is 0. The quantitative estimate of drug-likeness (QED) is 0.798. The van der Waals surface area contributed by atoms with Crippen molar-refractivity contribution in [2.45, 2.75) is 19.8 Å². The molecular weight excluding hydrogens is 260 g/mol. The van der Waals surface area contributed by atoms with Gasteiger partial charge in [-0.1, -0.05) is 11.6 Å². The van der Waals surface area contributed by atoms with Gasteiger partial charge in [0, 0.05) is 29.2 Å². The highest BCUT2D eigenvalue weighted by Crippen LogP contribution is 2.24. The molecule has 0 N–H and O–H groups in total. The fourth-order valence-electron chi connectivity index (χ4n) is 2.60. The molecule has 4 heteroatoms. The van der Waals surface area contributed by atoms with Gasteiger partial charge in [0.1, 0.15) is 0 Å². The van der Waals surface area contributed by atoms with Crippen molar-refractivity contribution in [3.8, 4) is 0 Å². The lowest BCUT2D eigenvalue weighted by atomic mass is 10.1. The third-order valence-electron chi connectivity index (χ3n) is 3.52. The van der Waals surface area contributed by atoms with E-state index in [4.69, 9.17) is 11.6 Å². The number of likely N-dealkylation sites (tertiary alicyclic amines) is 1. The molecule has 1 aliphatic heterocycles. The number of hydrogen-bond donors (Lipinski definition) is 0. The zero-order chi connectivity index (χ0) is 13.4. The highest BCUT2D eigenvalue weighted by Gasteiger charge is 2.21. The van der Waals surface area contributed by atoms with Gasteiger partial charge in [0.25, 0.3) is 5.91 Å². The number of nitrogens with zero attached hydrogens (tertiary/aromatic N) is 2. The molecule has 1 amide bonds. The van der Waals surface area contributed by atoms with Crippen LogP contribution in [0.2, 0.25) is 5.02 Å². The molecule has 2 aromatic rings. The summed E-state index contributed by atoms with van der Waals surface area (Å²) in [6.07, 6.45) is 2.18. The lowest BCUT2D eigenvalue weighted by molar-refractivity contribution is 0.0794. The fraction of sp³-hybridized carbons (Fsp3) is 0.333. The molecule has 2 heterocycles. The molecule has 3 nitrogen and oxygen atoms in total. The van der Waals surface area contributed by atoms with Gasteiger partial charge in [0.15, 0.2) is 0 Å². The van der Waals surface area contributed by atoms with Crippen LogP contribution < -0.4 is 0 Å². The average molecular weight is 275 g/mol. The van der Waals surface area contributed by atoms with Crippen molar-refractivity contribution in [1.82, 2.24) is 9.88 Å². The average Bonchev–Trinajstić information content (AvgIpc) is 2.91. The number of hydrogen-bond acceptors (Lipinski definition) is 2. The number of benzene rings is 1. The first-order valence-electron chi connectivity index (χ1n) is 6.51. The molecule has 3 rings (SSSR count). The van der Waals surface area contributed by atoms with Gasteiger partial charge in [-0.2, -0.15) is 0 Å². The van der Waals surface area contributed by atoms with Gasteiger partial charge >= 0.3 is 0 Å². The Hall–Kier alpha value is -1.61. The number of carbonyl (C=O) groups is 1. The van der Waals surface area contributed by atoms with Gasteiger partial charge < -0.3 is 4.90 Å². The lowest BCUT2D eigenvalue weighted by Gasteiger charge is -2.17. The van der Waals surface area contributed by atoms with E-state index in [-0.39, 0.29) is 5.91 Å². The summed E-state index contributed by atoms with van der Waals surface area (Å²) in [6.45, 7) is 3.61. The van der Waals surface area contributed by atoms with Crippen LogP contribution in [0.15, 0.2) is 24.3 Å². The molecule has 1 aliphatic rings. The number of pyridine rings is 1. The molecule has 0 saturated carbocycles. The summed E-state index contributed by atoms with van der Waals surface area (Å²) in [5, 5.41) is 1.48. The first-order chi connectivity index (χ1) is 9.15. The van der Waals surface area contributed by atoms with E-state index in [9.17, 15) is 4.79 Å². The molecule has 0 spiro atoms. The molecule has 1 aromatic carbocycles. The van der Waals surface area contributed by atoms with Crippen LogP contribution in [0.1, 0.15) is 28.9 Å². The Morgan fingerprint density at radius 3 is 2.74 bits per heavy atom. The van der Waals surface area contributed by atoms with Crippen molar-refractivity contribution in [3.05, 3.63) is 40.5 Å². The Morgan fingerprint density at radius 2 is 2.00 bits per heavy atom. The monoisotopic (exact) mass is 274 g/mol. The van der Waals surface area contributed by atoms with Gasteiger partial charge in [0.2, 0.25) is 0 Å². The zero-order valence-electron chi connectivity index (χ0n) is 10.8. The second kappa shape index (κ2) is 4.82. The van der Waals surface area contributed by atoms with Crippen molar-refractivity contribution < 1.29 is 4.79 Å². The fourth-order valence-corrected chi connectivity index (χ4v) is 2.77. The Morgan fingerprint density at radius 1 is 1.26 bits per heavy atom. The topological polar surface area (TPSA) is 33.2 Å². The first-order valence-corrected chi connectivity index (χ1v) is 6.89. The van der Waals surface area contributed by atoms with Crippen LogP contribution in [0.5, 0.6) is 0 Å². The van der Waals surface area contributed by atoms with Crippen LogP contribution in [0.25, 0.3) is 10.9 Å². The molecule has 1 saturated heterocycles. The number of carbonyl (C=O) groups excluding carboxylic acids is 1. The van der Waals surface area contributed by atoms with E-state index >= 15 is 0 Å². The normalized spacial score (nSPS) is 15.2. The maximum Gasteiger partial charge on any atom is 0.254 e. The summed E-state index contributed by atoms with van der Waals surface area (Å²) in [7, 11) is 0. The van der Waals surface area contributed by atoms with Crippen molar-refractivity contribution in [2.75, 3.05) is 13.1 Å². The number of amides is 1. The van der Waals surface area contributed by atoms with E-state index in [1.54, 1.807) is 6.07 Å². The summed E-state index contributed by atoms with van der Waals surface area (Å²) in [5.74, 6) is 0.0928. The molecule has 19 heavy (non-hydrogen) atoms. The number of rotatable bonds is 1. The Balaban J connectivity index is 2.15. The van der Waals surface area contributed by atoms with Crippen LogP contribution >= 0.6 is 11.6 Å². The molecule has 0 atom stereocenters. The van der Waals surface area contributed by atoms with E-state index in [1.807, 2.05) is 30.0 Å². The second-order valence-corrected chi connectivity index (χ2v) is 5.41. The predicted octanol–water partition coefficient (Wildman–Crippen LogP) is 3.43. The maximum absolute atomic E-state index is 12.6. The van der Waals surface area contributed by atoms with E-state index in [0.29, 0.717) is 10.6 Å². The summed E-state index contributed by atoms with van der Waals surface area (Å²) in [4.78, 5) is 18.9. The van der Waals surface area contributed by atoms with E-state index in [2.05, 4.69) is 4.98 Å². The van der Waals surface area contributed by atoms with Crippen LogP contribution in [0.4, 0.5) is 0 Å². The number of aromatic nitrogens is 1. The largest absolute Gasteiger partial charge is 0.339 e. The second-order valence-electron chi connectivity index (χ2n) is 4.97. The third kappa shape index (κ3) is 2.30. The molecule has 1 fully saturated rings. The predicted molar refractivity (Wildman–Crippen MR) is 76.6 cm³/mol. The van der Waals surface area contributed by atoms with Crippen molar-refractivity contribution in [1.29, 1.82) is 0 Å². The molecule has 0 radical (unpaired) electrons. The highest BCUT2D eigenvalue weighted by atomic mass is 35.5. The molecule has 0 unspecified atom stereocenters. The Bertz CT molecular complexity index is 648. The molecule has 0 aliphatic carbocycles. The van der Waals surface area contributed by atoms with E-state index < -0.39 is 0 Å². The molecule has 98 valence electrons. The zero-order valence-corrected chi connectivity index (χ0v) is 11.6. The minimum absolute atomic E-state index is 0.0928. The highest BCUT2D eigenvalue weighted by molar-refractivity contribution is 6.31. The number of halogens is 1. The summed E-state index contributed by atoms with van der Waals surface area (Å²) in [5.41, 5.74) is 2.40. The van der Waals surface area contributed by atoms with Gasteiger partial charge in [-0.25, -0.2) is 0 Å². The Labute approximate surface area is 117 Å². The van der Waals surface area contributed by atoms with Crippen LogP contribution in [0.3, 0.4) is 0 Å². The summed E-state index contributed by atoms with van der Waals surface area (Å²) >= 11 is 6.04. The minimum Gasteiger partial charge on any atom is -0.339 e. The maximum atomic E-state index is 12.6. The van der Waals surface area contributed by atoms with Crippen LogP contribution in [-0.2, 0) is 0 Å². The van der Waals surface area contributed by atoms with Crippen molar-refractivity contribution >= 4 is 28.4 Å². The smallest absolute Gasteiger partial charge is 0.254 e. The van der Waals surface area contributed by atoms with Crippen molar-refractivity contribution in [3.63, 3.8) is 0 Å². The van der Waals surface area contributed by atoms with Gasteiger partial charge in [-0.15, -0.1) is 0 Å². The third-order valence-corrected chi connectivity index (χ3v) is 3.76.